The Hall–Kier alpha value is -2.27. The van der Waals surface area contributed by atoms with Crippen LogP contribution in [0.15, 0.2) is 47.4 Å². The number of carbonyl (C=O) groups excluding carboxylic acids is 2. The molecule has 0 radical (unpaired) electrons. The molecule has 0 bridgehead atoms. The number of aryl methyl sites for hydroxylation is 2. The van der Waals surface area contributed by atoms with Gasteiger partial charge in [0.05, 0.1) is 6.42 Å². The molecule has 0 aliphatic carbocycles. The van der Waals surface area contributed by atoms with Crippen molar-refractivity contribution in [2.24, 2.45) is 0 Å². The fourth-order valence-electron chi connectivity index (χ4n) is 2.62. The van der Waals surface area contributed by atoms with Crippen LogP contribution >= 0.6 is 11.8 Å². The molecule has 4 nitrogen and oxygen atoms in total. The van der Waals surface area contributed by atoms with Crippen LogP contribution in [-0.4, -0.2) is 24.2 Å². The van der Waals surface area contributed by atoms with E-state index in [2.05, 4.69) is 19.2 Å². The van der Waals surface area contributed by atoms with Crippen molar-refractivity contribution < 1.29 is 14.3 Å². The van der Waals surface area contributed by atoms with Crippen molar-refractivity contribution in [2.45, 2.75) is 44.9 Å². The van der Waals surface area contributed by atoms with Gasteiger partial charge in [0.1, 0.15) is 0 Å². The van der Waals surface area contributed by atoms with E-state index in [4.69, 9.17) is 4.74 Å². The molecule has 0 aliphatic heterocycles. The van der Waals surface area contributed by atoms with Gasteiger partial charge in [0.2, 0.25) is 0 Å². The molecule has 0 saturated carbocycles. The largest absolute Gasteiger partial charge is 0.456 e. The summed E-state index contributed by atoms with van der Waals surface area (Å²) in [6, 6.07) is 14.1. The Kier molecular flexibility index (Phi) is 7.92. The minimum absolute atomic E-state index is 0.264. The number of benzene rings is 2. The van der Waals surface area contributed by atoms with E-state index < -0.39 is 0 Å². The minimum Gasteiger partial charge on any atom is -0.456 e. The Bertz CT molecular complexity index is 785. The maximum Gasteiger partial charge on any atom is 0.307 e. The van der Waals surface area contributed by atoms with Gasteiger partial charge in [-0.1, -0.05) is 49.7 Å². The zero-order valence-corrected chi connectivity index (χ0v) is 17.2. The van der Waals surface area contributed by atoms with Gasteiger partial charge >= 0.3 is 5.97 Å². The van der Waals surface area contributed by atoms with Crippen molar-refractivity contribution in [3.63, 3.8) is 0 Å². The summed E-state index contributed by atoms with van der Waals surface area (Å²) < 4.78 is 5.11. The molecule has 0 fully saturated rings. The number of para-hydroxylation sites is 1. The summed E-state index contributed by atoms with van der Waals surface area (Å²) in [5.74, 6) is 0.240. The zero-order chi connectivity index (χ0) is 19.8. The van der Waals surface area contributed by atoms with Crippen LogP contribution in [0.4, 0.5) is 5.69 Å². The number of anilines is 1. The number of hydrogen-bond donors (Lipinski definition) is 1. The molecule has 144 valence electrons. The molecule has 2 aromatic carbocycles. The average molecular weight is 386 g/mol. The van der Waals surface area contributed by atoms with Crippen LogP contribution in [0.5, 0.6) is 0 Å². The van der Waals surface area contributed by atoms with Crippen molar-refractivity contribution in [1.29, 1.82) is 0 Å². The topological polar surface area (TPSA) is 55.4 Å². The van der Waals surface area contributed by atoms with E-state index in [1.165, 1.54) is 5.56 Å². The van der Waals surface area contributed by atoms with Gasteiger partial charge in [0.15, 0.2) is 6.61 Å². The standard InChI is InChI=1S/C22H27NO3S/c1-15(2)19-7-5-6-17(4)22(19)23-20(24)14-26-21(25)12-13-27-18-10-8-16(3)9-11-18/h5-11,15H,12-14H2,1-4H3,(H,23,24). The number of nitrogens with one attached hydrogen (secondary N) is 1. The third-order valence-electron chi connectivity index (χ3n) is 4.15. The lowest BCUT2D eigenvalue weighted by molar-refractivity contribution is -0.146. The SMILES string of the molecule is Cc1ccc(SCCC(=O)OCC(=O)Nc2c(C)cccc2C(C)C)cc1. The maximum atomic E-state index is 12.2. The fraction of sp³-hybridized carbons (Fsp3) is 0.364. The van der Waals surface area contributed by atoms with Gasteiger partial charge in [-0.3, -0.25) is 9.59 Å². The van der Waals surface area contributed by atoms with Gasteiger partial charge in [-0.25, -0.2) is 0 Å². The van der Waals surface area contributed by atoms with E-state index in [1.807, 2.05) is 56.3 Å². The number of amides is 1. The monoisotopic (exact) mass is 385 g/mol. The molecular weight excluding hydrogens is 358 g/mol. The molecule has 0 aromatic heterocycles. The first-order valence-corrected chi connectivity index (χ1v) is 10.1. The Morgan fingerprint density at radius 2 is 1.78 bits per heavy atom. The quantitative estimate of drug-likeness (QED) is 0.508. The van der Waals surface area contributed by atoms with Crippen molar-refractivity contribution in [2.75, 3.05) is 17.7 Å². The van der Waals surface area contributed by atoms with Crippen molar-refractivity contribution in [3.8, 4) is 0 Å². The molecule has 2 aromatic rings. The van der Waals surface area contributed by atoms with Crippen molar-refractivity contribution >= 4 is 29.3 Å². The number of ether oxygens (including phenoxy) is 1. The van der Waals surface area contributed by atoms with Crippen molar-refractivity contribution in [1.82, 2.24) is 0 Å². The van der Waals surface area contributed by atoms with Crippen LogP contribution < -0.4 is 5.32 Å². The van der Waals surface area contributed by atoms with Gasteiger partial charge in [-0.15, -0.1) is 11.8 Å². The summed E-state index contributed by atoms with van der Waals surface area (Å²) in [6.45, 7) is 7.89. The first kappa shape index (κ1) is 21.0. The predicted molar refractivity (Wildman–Crippen MR) is 111 cm³/mol. The molecule has 5 heteroatoms. The third-order valence-corrected chi connectivity index (χ3v) is 5.17. The highest BCUT2D eigenvalue weighted by Gasteiger charge is 2.13. The Morgan fingerprint density at radius 1 is 1.07 bits per heavy atom. The zero-order valence-electron chi connectivity index (χ0n) is 16.4. The molecule has 0 aliphatic rings. The maximum absolute atomic E-state index is 12.2. The summed E-state index contributed by atoms with van der Waals surface area (Å²) in [7, 11) is 0. The van der Waals surface area contributed by atoms with Crippen LogP contribution in [0.25, 0.3) is 0 Å². The number of esters is 1. The van der Waals surface area contributed by atoms with E-state index in [9.17, 15) is 9.59 Å². The molecule has 0 saturated heterocycles. The lowest BCUT2D eigenvalue weighted by Crippen LogP contribution is -2.22. The summed E-state index contributed by atoms with van der Waals surface area (Å²) >= 11 is 1.60. The molecule has 0 spiro atoms. The first-order chi connectivity index (χ1) is 12.9. The van der Waals surface area contributed by atoms with E-state index in [0.717, 1.165) is 21.7 Å². The lowest BCUT2D eigenvalue weighted by atomic mass is 9.98. The Labute approximate surface area is 165 Å². The molecule has 1 amide bonds. The van der Waals surface area contributed by atoms with E-state index in [1.54, 1.807) is 11.8 Å². The second-order valence-corrected chi connectivity index (χ2v) is 7.98. The number of carbonyl (C=O) groups is 2. The second kappa shape index (κ2) is 10.2. The molecule has 2 rings (SSSR count). The summed E-state index contributed by atoms with van der Waals surface area (Å²) in [4.78, 5) is 25.2. The molecule has 0 heterocycles. The van der Waals surface area contributed by atoms with Gasteiger partial charge in [0.25, 0.3) is 5.91 Å². The van der Waals surface area contributed by atoms with Gasteiger partial charge in [-0.05, 0) is 43.0 Å². The first-order valence-electron chi connectivity index (χ1n) is 9.11. The fourth-order valence-corrected chi connectivity index (χ4v) is 3.46. The Morgan fingerprint density at radius 3 is 2.44 bits per heavy atom. The molecule has 27 heavy (non-hydrogen) atoms. The molecule has 1 N–H and O–H groups in total. The van der Waals surface area contributed by atoms with Gasteiger partial charge in [0, 0.05) is 16.3 Å². The number of rotatable bonds is 8. The summed E-state index contributed by atoms with van der Waals surface area (Å²) in [5.41, 5.74) is 4.09. The van der Waals surface area contributed by atoms with E-state index in [-0.39, 0.29) is 24.9 Å². The highest BCUT2D eigenvalue weighted by molar-refractivity contribution is 7.99. The summed E-state index contributed by atoms with van der Waals surface area (Å²) in [6.07, 6.45) is 0.271. The smallest absolute Gasteiger partial charge is 0.307 e. The number of hydrogen-bond acceptors (Lipinski definition) is 4. The molecule has 0 atom stereocenters. The lowest BCUT2D eigenvalue weighted by Gasteiger charge is -2.16. The molecule has 0 unspecified atom stereocenters. The Balaban J connectivity index is 1.77. The normalized spacial score (nSPS) is 10.7. The average Bonchev–Trinajstić information content (AvgIpc) is 2.63. The van der Waals surface area contributed by atoms with Crippen LogP contribution in [0.3, 0.4) is 0 Å². The van der Waals surface area contributed by atoms with Crippen LogP contribution in [0.2, 0.25) is 0 Å². The third kappa shape index (κ3) is 6.75. The predicted octanol–water partition coefficient (Wildman–Crippen LogP) is 5.09. The minimum atomic E-state index is -0.362. The van der Waals surface area contributed by atoms with Crippen molar-refractivity contribution in [3.05, 3.63) is 59.2 Å². The molecular formula is C22H27NO3S. The second-order valence-electron chi connectivity index (χ2n) is 6.81. The van der Waals surface area contributed by atoms with Gasteiger partial charge < -0.3 is 10.1 Å². The van der Waals surface area contributed by atoms with Gasteiger partial charge in [-0.2, -0.15) is 0 Å². The van der Waals surface area contributed by atoms with Crippen LogP contribution in [-0.2, 0) is 14.3 Å². The number of thioether (sulfide) groups is 1. The highest BCUT2D eigenvalue weighted by atomic mass is 32.2. The highest BCUT2D eigenvalue weighted by Crippen LogP contribution is 2.27. The van der Waals surface area contributed by atoms with E-state index >= 15 is 0 Å². The van der Waals surface area contributed by atoms with Crippen LogP contribution in [0, 0.1) is 13.8 Å². The van der Waals surface area contributed by atoms with Crippen LogP contribution in [0.1, 0.15) is 42.9 Å². The van der Waals surface area contributed by atoms with E-state index in [0.29, 0.717) is 11.7 Å². The summed E-state index contributed by atoms with van der Waals surface area (Å²) in [5, 5.41) is 2.88.